The number of benzene rings is 2. The van der Waals surface area contributed by atoms with Crippen molar-refractivity contribution >= 4 is 23.4 Å². The lowest BCUT2D eigenvalue weighted by Crippen LogP contribution is -2.21. The van der Waals surface area contributed by atoms with E-state index in [9.17, 15) is 4.79 Å². The number of nitrogens with zero attached hydrogens (tertiary/aromatic N) is 4. The van der Waals surface area contributed by atoms with Crippen molar-refractivity contribution < 1.29 is 9.21 Å². The first-order chi connectivity index (χ1) is 15.5. The molecule has 1 amide bonds. The summed E-state index contributed by atoms with van der Waals surface area (Å²) in [5, 5.41) is 13.5. The first-order valence-electron chi connectivity index (χ1n) is 10.1. The molecule has 0 saturated heterocycles. The molecule has 0 aliphatic carbocycles. The monoisotopic (exact) mass is 445 g/mol. The Morgan fingerprint density at radius 3 is 2.38 bits per heavy atom. The van der Waals surface area contributed by atoms with Gasteiger partial charge >= 0.3 is 0 Å². The van der Waals surface area contributed by atoms with Crippen molar-refractivity contribution in [2.75, 3.05) is 5.75 Å². The zero-order valence-corrected chi connectivity index (χ0v) is 18.9. The van der Waals surface area contributed by atoms with Gasteiger partial charge in [0.05, 0.1) is 12.0 Å². The molecule has 0 spiro atoms. The van der Waals surface area contributed by atoms with Gasteiger partial charge in [-0.1, -0.05) is 59.3 Å². The quantitative estimate of drug-likeness (QED) is 0.251. The van der Waals surface area contributed by atoms with Gasteiger partial charge in [0.2, 0.25) is 0 Å². The summed E-state index contributed by atoms with van der Waals surface area (Å²) in [5.41, 5.74) is 7.39. The molecule has 162 valence electrons. The molecule has 0 fully saturated rings. The maximum Gasteiger partial charge on any atom is 0.250 e. The van der Waals surface area contributed by atoms with Gasteiger partial charge in [0.15, 0.2) is 11.0 Å². The first kappa shape index (κ1) is 21.6. The van der Waals surface area contributed by atoms with Gasteiger partial charge in [-0.25, -0.2) is 5.43 Å². The summed E-state index contributed by atoms with van der Waals surface area (Å²) in [7, 11) is 0. The van der Waals surface area contributed by atoms with Crippen molar-refractivity contribution in [3.05, 3.63) is 83.8 Å². The van der Waals surface area contributed by atoms with Gasteiger partial charge in [-0.2, -0.15) is 5.10 Å². The maximum atomic E-state index is 12.4. The molecule has 2 heterocycles. The van der Waals surface area contributed by atoms with Gasteiger partial charge in [0, 0.05) is 11.3 Å². The number of hydrogen-bond acceptors (Lipinski definition) is 6. The van der Waals surface area contributed by atoms with E-state index < -0.39 is 0 Å². The fourth-order valence-electron chi connectivity index (χ4n) is 3.03. The van der Waals surface area contributed by atoms with Crippen molar-refractivity contribution in [1.82, 2.24) is 20.2 Å². The number of aryl methyl sites for hydroxylation is 2. The van der Waals surface area contributed by atoms with Crippen molar-refractivity contribution in [3.8, 4) is 17.1 Å². The van der Waals surface area contributed by atoms with Crippen LogP contribution >= 0.6 is 11.8 Å². The van der Waals surface area contributed by atoms with E-state index in [2.05, 4.69) is 20.7 Å². The molecular formula is C24H23N5O2S. The van der Waals surface area contributed by atoms with Crippen LogP contribution in [0.15, 0.2) is 81.6 Å². The third-order valence-corrected chi connectivity index (χ3v) is 5.72. The molecule has 0 bridgehead atoms. The molecule has 4 rings (SSSR count). The fraction of sp³-hybridized carbons (Fsp3) is 0.167. The van der Waals surface area contributed by atoms with Crippen LogP contribution in [-0.4, -0.2) is 32.1 Å². The van der Waals surface area contributed by atoms with Crippen LogP contribution in [0.5, 0.6) is 0 Å². The van der Waals surface area contributed by atoms with E-state index in [0.29, 0.717) is 16.6 Å². The maximum absolute atomic E-state index is 12.4. The molecule has 4 aromatic rings. The second-order valence-corrected chi connectivity index (χ2v) is 8.28. The van der Waals surface area contributed by atoms with Crippen LogP contribution in [0.2, 0.25) is 0 Å². The molecule has 0 radical (unpaired) electrons. The zero-order chi connectivity index (χ0) is 22.5. The predicted molar refractivity (Wildman–Crippen MR) is 126 cm³/mol. The number of carbonyl (C=O) groups excluding carboxylic acids is 1. The number of amides is 1. The van der Waals surface area contributed by atoms with Crippen molar-refractivity contribution in [1.29, 1.82) is 0 Å². The van der Waals surface area contributed by atoms with E-state index in [1.54, 1.807) is 25.3 Å². The molecule has 0 saturated carbocycles. The normalized spacial score (nSPS) is 11.5. The van der Waals surface area contributed by atoms with Gasteiger partial charge in [-0.3, -0.25) is 9.36 Å². The topological polar surface area (TPSA) is 85.3 Å². The summed E-state index contributed by atoms with van der Waals surface area (Å²) in [6.45, 7) is 5.86. The largest absolute Gasteiger partial charge is 0.463 e. The Bertz CT molecular complexity index is 1230. The number of aromatic nitrogens is 3. The number of hydrogen-bond donors (Lipinski definition) is 1. The minimum absolute atomic E-state index is 0.146. The molecular weight excluding hydrogens is 422 g/mol. The third kappa shape index (κ3) is 4.97. The number of rotatable bonds is 7. The summed E-state index contributed by atoms with van der Waals surface area (Å²) >= 11 is 1.31. The average molecular weight is 446 g/mol. The smallest absolute Gasteiger partial charge is 0.250 e. The highest BCUT2D eigenvalue weighted by Gasteiger charge is 2.17. The Morgan fingerprint density at radius 2 is 1.72 bits per heavy atom. The van der Waals surface area contributed by atoms with Crippen LogP contribution in [-0.2, 0) is 4.79 Å². The molecule has 7 nitrogen and oxygen atoms in total. The molecule has 2 aromatic heterocycles. The second-order valence-electron chi connectivity index (χ2n) is 7.34. The number of thioether (sulfide) groups is 1. The van der Waals surface area contributed by atoms with Crippen molar-refractivity contribution in [2.24, 2.45) is 5.10 Å². The molecule has 2 aromatic carbocycles. The number of carbonyl (C=O) groups is 1. The lowest BCUT2D eigenvalue weighted by atomic mass is 10.1. The van der Waals surface area contributed by atoms with E-state index in [-0.39, 0.29) is 11.7 Å². The summed E-state index contributed by atoms with van der Waals surface area (Å²) in [5.74, 6) is 1.24. The molecule has 1 N–H and O–H groups in total. The van der Waals surface area contributed by atoms with Gasteiger partial charge < -0.3 is 4.42 Å². The van der Waals surface area contributed by atoms with E-state index in [1.165, 1.54) is 17.3 Å². The molecule has 0 atom stereocenters. The van der Waals surface area contributed by atoms with E-state index in [4.69, 9.17) is 4.42 Å². The van der Waals surface area contributed by atoms with Crippen LogP contribution in [0.25, 0.3) is 17.1 Å². The second kappa shape index (κ2) is 9.65. The summed E-state index contributed by atoms with van der Waals surface area (Å²) < 4.78 is 7.24. The summed E-state index contributed by atoms with van der Waals surface area (Å²) in [4.78, 5) is 12.4. The minimum atomic E-state index is -0.240. The predicted octanol–water partition coefficient (Wildman–Crippen LogP) is 4.78. The minimum Gasteiger partial charge on any atom is -0.463 e. The Labute approximate surface area is 190 Å². The van der Waals surface area contributed by atoms with Gasteiger partial charge in [0.25, 0.3) is 5.91 Å². The molecule has 0 aliphatic rings. The molecule has 32 heavy (non-hydrogen) atoms. The van der Waals surface area contributed by atoms with E-state index in [1.807, 2.05) is 66.9 Å². The summed E-state index contributed by atoms with van der Waals surface area (Å²) in [6, 6.07) is 19.8. The van der Waals surface area contributed by atoms with Crippen LogP contribution < -0.4 is 5.43 Å². The standard InChI is InChI=1S/C24H23N5O2S/c1-16-6-10-19(11-7-16)23-27-28-24(29(23)20-12-8-17(2)9-13-20)32-15-22(30)26-25-18(3)21-5-4-14-31-21/h4-14H,15H2,1-3H3,(H,26,30). The zero-order valence-electron chi connectivity index (χ0n) is 18.1. The highest BCUT2D eigenvalue weighted by molar-refractivity contribution is 7.99. The van der Waals surface area contributed by atoms with Gasteiger partial charge in [0.1, 0.15) is 11.5 Å². The Hall–Kier alpha value is -3.65. The lowest BCUT2D eigenvalue weighted by Gasteiger charge is -2.11. The van der Waals surface area contributed by atoms with Gasteiger partial charge in [-0.05, 0) is 45.0 Å². The molecule has 0 unspecified atom stereocenters. The average Bonchev–Trinajstić information content (AvgIpc) is 3.48. The van der Waals surface area contributed by atoms with Gasteiger partial charge in [-0.15, -0.1) is 10.2 Å². The Morgan fingerprint density at radius 1 is 1.03 bits per heavy atom. The van der Waals surface area contributed by atoms with E-state index >= 15 is 0 Å². The highest BCUT2D eigenvalue weighted by atomic mass is 32.2. The highest BCUT2D eigenvalue weighted by Crippen LogP contribution is 2.28. The van der Waals surface area contributed by atoms with Crippen molar-refractivity contribution in [2.45, 2.75) is 25.9 Å². The third-order valence-electron chi connectivity index (χ3n) is 4.79. The Kier molecular flexibility index (Phi) is 6.51. The molecule has 0 aliphatic heterocycles. The fourth-order valence-corrected chi connectivity index (χ4v) is 3.77. The summed E-state index contributed by atoms with van der Waals surface area (Å²) in [6.07, 6.45) is 1.57. The number of furan rings is 1. The number of nitrogens with one attached hydrogen (secondary N) is 1. The first-order valence-corrected chi connectivity index (χ1v) is 11.1. The van der Waals surface area contributed by atoms with Crippen LogP contribution in [0, 0.1) is 13.8 Å². The Balaban J connectivity index is 1.55. The van der Waals surface area contributed by atoms with Crippen LogP contribution in [0.4, 0.5) is 0 Å². The molecule has 8 heteroatoms. The SMILES string of the molecule is CC(=NNC(=O)CSc1nnc(-c2ccc(C)cc2)n1-c1ccc(C)cc1)c1ccco1. The number of hydrazone groups is 1. The van der Waals surface area contributed by atoms with Crippen LogP contribution in [0.3, 0.4) is 0 Å². The van der Waals surface area contributed by atoms with E-state index in [0.717, 1.165) is 22.6 Å². The van der Waals surface area contributed by atoms with Crippen molar-refractivity contribution in [3.63, 3.8) is 0 Å². The van der Waals surface area contributed by atoms with Crippen LogP contribution in [0.1, 0.15) is 23.8 Å². The lowest BCUT2D eigenvalue weighted by molar-refractivity contribution is -0.118.